The van der Waals surface area contributed by atoms with Gasteiger partial charge in [-0.05, 0) is 64.5 Å². The van der Waals surface area contributed by atoms with Crippen molar-refractivity contribution in [1.82, 2.24) is 4.98 Å². The summed E-state index contributed by atoms with van der Waals surface area (Å²) in [6, 6.07) is 12.0. The van der Waals surface area contributed by atoms with Crippen LogP contribution in [0.25, 0.3) is 0 Å². The van der Waals surface area contributed by atoms with Crippen molar-refractivity contribution in [3.8, 4) is 0 Å². The molecule has 0 aliphatic carbocycles. The number of nitrogens with one attached hydrogen (secondary N) is 2. The van der Waals surface area contributed by atoms with E-state index < -0.39 is 23.4 Å². The summed E-state index contributed by atoms with van der Waals surface area (Å²) in [6.45, 7) is 0. The van der Waals surface area contributed by atoms with Crippen LogP contribution in [-0.4, -0.2) is 16.8 Å². The highest BCUT2D eigenvalue weighted by atomic mass is 79.9. The Morgan fingerprint density at radius 1 is 0.852 bits per heavy atom. The van der Waals surface area contributed by atoms with Crippen molar-refractivity contribution >= 4 is 39.1 Å². The van der Waals surface area contributed by atoms with E-state index in [0.29, 0.717) is 4.47 Å². The van der Waals surface area contributed by atoms with E-state index in [1.807, 2.05) is 0 Å². The number of hydrogen-bond acceptors (Lipinski definition) is 3. The maximum Gasteiger partial charge on any atom is 0.274 e. The van der Waals surface area contributed by atoms with Crippen LogP contribution in [0.1, 0.15) is 20.8 Å². The second kappa shape index (κ2) is 8.05. The molecule has 0 aliphatic rings. The maximum absolute atomic E-state index is 13.7. The Bertz CT molecular complexity index is 1010. The van der Waals surface area contributed by atoms with Crippen LogP contribution in [0.15, 0.2) is 65.3 Å². The van der Waals surface area contributed by atoms with Gasteiger partial charge in [0.15, 0.2) is 0 Å². The minimum Gasteiger partial charge on any atom is -0.320 e. The van der Waals surface area contributed by atoms with E-state index in [0.717, 1.165) is 18.2 Å². The van der Waals surface area contributed by atoms with Crippen LogP contribution in [0.2, 0.25) is 0 Å². The molecule has 0 fully saturated rings. The average molecular weight is 432 g/mol. The molecule has 0 aliphatic heterocycles. The van der Waals surface area contributed by atoms with Crippen LogP contribution in [-0.2, 0) is 0 Å². The Kier molecular flexibility index (Phi) is 5.56. The quantitative estimate of drug-likeness (QED) is 0.632. The molecule has 0 radical (unpaired) electrons. The minimum absolute atomic E-state index is 0.0282. The van der Waals surface area contributed by atoms with E-state index in [-0.39, 0.29) is 22.6 Å². The van der Waals surface area contributed by atoms with E-state index in [9.17, 15) is 18.4 Å². The normalized spacial score (nSPS) is 10.3. The number of pyridine rings is 1. The van der Waals surface area contributed by atoms with Gasteiger partial charge in [0.25, 0.3) is 11.8 Å². The fourth-order valence-corrected chi connectivity index (χ4v) is 2.70. The Morgan fingerprint density at radius 2 is 1.56 bits per heavy atom. The maximum atomic E-state index is 13.7. The monoisotopic (exact) mass is 431 g/mol. The molecule has 0 saturated heterocycles. The van der Waals surface area contributed by atoms with Crippen LogP contribution in [0.3, 0.4) is 0 Å². The lowest BCUT2D eigenvalue weighted by atomic mass is 10.2. The minimum atomic E-state index is -0.666. The Morgan fingerprint density at radius 3 is 2.30 bits per heavy atom. The smallest absolute Gasteiger partial charge is 0.274 e. The lowest BCUT2D eigenvalue weighted by Crippen LogP contribution is -2.18. The third-order valence-electron chi connectivity index (χ3n) is 3.55. The molecule has 5 nitrogen and oxygen atoms in total. The van der Waals surface area contributed by atoms with E-state index in [1.54, 1.807) is 12.1 Å². The molecular weight excluding hydrogens is 420 g/mol. The molecule has 1 heterocycles. The zero-order valence-electron chi connectivity index (χ0n) is 13.7. The summed E-state index contributed by atoms with van der Waals surface area (Å²) in [5, 5.41) is 5.05. The summed E-state index contributed by atoms with van der Waals surface area (Å²) in [6.07, 6.45) is 1.46. The van der Waals surface area contributed by atoms with Crippen molar-refractivity contribution in [3.05, 3.63) is 88.2 Å². The van der Waals surface area contributed by atoms with Gasteiger partial charge in [-0.3, -0.25) is 14.6 Å². The van der Waals surface area contributed by atoms with Gasteiger partial charge in [-0.25, -0.2) is 8.78 Å². The number of carbonyl (C=O) groups excluding carboxylic acids is 2. The highest BCUT2D eigenvalue weighted by Gasteiger charge is 2.16. The van der Waals surface area contributed by atoms with E-state index in [4.69, 9.17) is 0 Å². The SMILES string of the molecule is O=C(Nc1ccc(F)cc1NC(=O)c1cc(F)ccc1Br)c1ccccn1. The number of nitrogens with zero attached hydrogens (tertiary/aromatic N) is 1. The van der Waals surface area contributed by atoms with Gasteiger partial charge in [-0.2, -0.15) is 0 Å². The molecule has 2 amide bonds. The number of carbonyl (C=O) groups is 2. The summed E-state index contributed by atoms with van der Waals surface area (Å²) in [5.74, 6) is -2.39. The van der Waals surface area contributed by atoms with Gasteiger partial charge in [-0.1, -0.05) is 6.07 Å². The fraction of sp³-hybridized carbons (Fsp3) is 0. The van der Waals surface area contributed by atoms with Crippen LogP contribution in [0.4, 0.5) is 20.2 Å². The Labute approximate surface area is 161 Å². The van der Waals surface area contributed by atoms with Crippen molar-refractivity contribution in [2.24, 2.45) is 0 Å². The van der Waals surface area contributed by atoms with Crippen LogP contribution >= 0.6 is 15.9 Å². The first-order valence-electron chi connectivity index (χ1n) is 7.72. The van der Waals surface area contributed by atoms with E-state index in [2.05, 4.69) is 31.5 Å². The molecule has 136 valence electrons. The number of aromatic nitrogens is 1. The molecule has 2 aromatic carbocycles. The first-order valence-corrected chi connectivity index (χ1v) is 8.51. The largest absolute Gasteiger partial charge is 0.320 e. The van der Waals surface area contributed by atoms with Crippen molar-refractivity contribution in [1.29, 1.82) is 0 Å². The van der Waals surface area contributed by atoms with Gasteiger partial charge in [-0.15, -0.1) is 0 Å². The van der Waals surface area contributed by atoms with Crippen molar-refractivity contribution in [2.45, 2.75) is 0 Å². The van der Waals surface area contributed by atoms with Crippen molar-refractivity contribution in [3.63, 3.8) is 0 Å². The molecule has 27 heavy (non-hydrogen) atoms. The standard InChI is InChI=1S/C19H12BrF2N3O2/c20-14-6-4-11(21)9-13(14)18(26)25-17-10-12(22)5-7-15(17)24-19(27)16-3-1-2-8-23-16/h1-10H,(H,24,27)(H,25,26). The van der Waals surface area contributed by atoms with Crippen LogP contribution in [0, 0.1) is 11.6 Å². The van der Waals surface area contributed by atoms with Gasteiger partial charge in [0, 0.05) is 10.7 Å². The predicted molar refractivity (Wildman–Crippen MR) is 101 cm³/mol. The number of halogens is 3. The summed E-state index contributed by atoms with van der Waals surface area (Å²) in [7, 11) is 0. The highest BCUT2D eigenvalue weighted by Crippen LogP contribution is 2.26. The molecule has 0 saturated carbocycles. The molecule has 3 aromatic rings. The predicted octanol–water partition coefficient (Wildman–Crippen LogP) is 4.63. The topological polar surface area (TPSA) is 71.1 Å². The van der Waals surface area contributed by atoms with Crippen LogP contribution < -0.4 is 10.6 Å². The van der Waals surface area contributed by atoms with Gasteiger partial charge in [0.05, 0.1) is 16.9 Å². The first kappa shape index (κ1) is 18.7. The molecule has 0 bridgehead atoms. The molecule has 3 rings (SSSR count). The average Bonchev–Trinajstić information content (AvgIpc) is 2.66. The molecule has 0 unspecified atom stereocenters. The number of benzene rings is 2. The zero-order valence-corrected chi connectivity index (χ0v) is 15.3. The van der Waals surface area contributed by atoms with Crippen molar-refractivity contribution < 1.29 is 18.4 Å². The number of anilines is 2. The first-order chi connectivity index (χ1) is 12.9. The van der Waals surface area contributed by atoms with E-state index in [1.165, 1.54) is 30.5 Å². The van der Waals surface area contributed by atoms with Gasteiger partial charge in [0.1, 0.15) is 17.3 Å². The third kappa shape index (κ3) is 4.53. The molecule has 0 spiro atoms. The lowest BCUT2D eigenvalue weighted by Gasteiger charge is -2.13. The summed E-state index contributed by atoms with van der Waals surface area (Å²) in [5.41, 5.74) is 0.390. The van der Waals surface area contributed by atoms with E-state index >= 15 is 0 Å². The van der Waals surface area contributed by atoms with Crippen molar-refractivity contribution in [2.75, 3.05) is 10.6 Å². The second-order valence-corrected chi connectivity index (χ2v) is 6.29. The van der Waals surface area contributed by atoms with Crippen LogP contribution in [0.5, 0.6) is 0 Å². The lowest BCUT2D eigenvalue weighted by molar-refractivity contribution is 0.101. The highest BCUT2D eigenvalue weighted by molar-refractivity contribution is 9.10. The summed E-state index contributed by atoms with van der Waals surface area (Å²) >= 11 is 3.17. The second-order valence-electron chi connectivity index (χ2n) is 5.44. The number of hydrogen-bond donors (Lipinski definition) is 2. The Hall–Kier alpha value is -3.13. The Balaban J connectivity index is 1.87. The van der Waals surface area contributed by atoms with Gasteiger partial charge in [0.2, 0.25) is 0 Å². The third-order valence-corrected chi connectivity index (χ3v) is 4.24. The molecular formula is C19H12BrF2N3O2. The number of rotatable bonds is 4. The summed E-state index contributed by atoms with van der Waals surface area (Å²) < 4.78 is 27.5. The van der Waals surface area contributed by atoms with Gasteiger partial charge >= 0.3 is 0 Å². The van der Waals surface area contributed by atoms with Gasteiger partial charge < -0.3 is 10.6 Å². The fourth-order valence-electron chi connectivity index (χ4n) is 2.27. The molecule has 0 atom stereocenters. The molecule has 1 aromatic heterocycles. The summed E-state index contributed by atoms with van der Waals surface area (Å²) in [4.78, 5) is 28.7. The zero-order chi connectivity index (χ0) is 19.4. The number of amides is 2. The molecule has 2 N–H and O–H groups in total. The molecule has 8 heteroatoms.